The van der Waals surface area contributed by atoms with Crippen molar-refractivity contribution in [3.8, 4) is 0 Å². The summed E-state index contributed by atoms with van der Waals surface area (Å²) in [6, 6.07) is 7.01. The van der Waals surface area contributed by atoms with Crippen molar-refractivity contribution in [1.82, 2.24) is 4.57 Å². The zero-order chi connectivity index (χ0) is 9.97. The maximum Gasteiger partial charge on any atom is 0.147 e. The number of aromatic nitrogens is 1. The van der Waals surface area contributed by atoms with E-state index in [9.17, 15) is 4.39 Å². The Morgan fingerprint density at radius 2 is 2.21 bits per heavy atom. The van der Waals surface area contributed by atoms with E-state index in [0.29, 0.717) is 18.7 Å². The average Bonchev–Trinajstić information content (AvgIpc) is 2.59. The number of rotatable bonds is 3. The molecule has 0 fully saturated rings. The van der Waals surface area contributed by atoms with Gasteiger partial charge in [-0.3, -0.25) is 0 Å². The maximum atomic E-state index is 13.4. The van der Waals surface area contributed by atoms with Crippen molar-refractivity contribution in [2.45, 2.75) is 6.54 Å². The van der Waals surface area contributed by atoms with Gasteiger partial charge in [-0.2, -0.15) is 0 Å². The Labute approximate surface area is 81.9 Å². The Hall–Kier alpha value is -1.35. The lowest BCUT2D eigenvalue weighted by molar-refractivity contribution is 0.188. The molecular formula is C11H12FNO. The molecule has 2 rings (SSSR count). The summed E-state index contributed by atoms with van der Waals surface area (Å²) in [6.07, 6.45) is 1.88. The predicted octanol–water partition coefficient (Wildman–Crippen LogP) is 2.43. The number of benzene rings is 1. The number of halogens is 1. The smallest absolute Gasteiger partial charge is 0.147 e. The molecule has 1 heterocycles. The maximum absolute atomic E-state index is 13.4. The lowest BCUT2D eigenvalue weighted by atomic mass is 10.2. The van der Waals surface area contributed by atoms with E-state index >= 15 is 0 Å². The fourth-order valence-electron chi connectivity index (χ4n) is 1.59. The first-order valence-corrected chi connectivity index (χ1v) is 4.55. The molecule has 0 saturated heterocycles. The van der Waals surface area contributed by atoms with Crippen molar-refractivity contribution >= 4 is 10.9 Å². The Balaban J connectivity index is 2.45. The molecule has 0 aliphatic carbocycles. The second-order valence-electron chi connectivity index (χ2n) is 3.18. The Bertz CT molecular complexity index is 436. The highest BCUT2D eigenvalue weighted by molar-refractivity contribution is 5.80. The van der Waals surface area contributed by atoms with E-state index in [2.05, 4.69) is 0 Å². The van der Waals surface area contributed by atoms with Crippen molar-refractivity contribution in [3.05, 3.63) is 36.3 Å². The number of hydrogen-bond donors (Lipinski definition) is 0. The molecule has 1 aromatic carbocycles. The Kier molecular flexibility index (Phi) is 2.50. The fourth-order valence-corrected chi connectivity index (χ4v) is 1.59. The minimum Gasteiger partial charge on any atom is -0.383 e. The van der Waals surface area contributed by atoms with Crippen molar-refractivity contribution in [2.75, 3.05) is 13.7 Å². The van der Waals surface area contributed by atoms with E-state index in [-0.39, 0.29) is 5.82 Å². The van der Waals surface area contributed by atoms with E-state index in [1.54, 1.807) is 13.2 Å². The molecule has 0 unspecified atom stereocenters. The van der Waals surface area contributed by atoms with Crippen LogP contribution in [0, 0.1) is 5.82 Å². The normalized spacial score (nSPS) is 11.0. The molecule has 0 aliphatic rings. The molecule has 1 aromatic heterocycles. The van der Waals surface area contributed by atoms with Gasteiger partial charge in [0.05, 0.1) is 12.1 Å². The molecule has 0 bridgehead atoms. The Morgan fingerprint density at radius 3 is 3.00 bits per heavy atom. The number of fused-ring (bicyclic) bond motifs is 1. The third kappa shape index (κ3) is 1.51. The van der Waals surface area contributed by atoms with Crippen LogP contribution in [0.3, 0.4) is 0 Å². The second-order valence-corrected chi connectivity index (χ2v) is 3.18. The third-order valence-corrected chi connectivity index (χ3v) is 2.28. The molecule has 0 radical (unpaired) electrons. The Morgan fingerprint density at radius 1 is 1.36 bits per heavy atom. The van der Waals surface area contributed by atoms with Crippen LogP contribution in [-0.4, -0.2) is 18.3 Å². The van der Waals surface area contributed by atoms with Crippen LogP contribution in [0.4, 0.5) is 4.39 Å². The van der Waals surface area contributed by atoms with Crippen LogP contribution in [0.15, 0.2) is 30.5 Å². The summed E-state index contributed by atoms with van der Waals surface area (Å²) in [4.78, 5) is 0. The van der Waals surface area contributed by atoms with Crippen LogP contribution in [0.2, 0.25) is 0 Å². The standard InChI is InChI=1S/C11H12FNO/c1-14-8-7-13-6-5-9-3-2-4-10(12)11(9)13/h2-6H,7-8H2,1H3. The van der Waals surface area contributed by atoms with Gasteiger partial charge in [-0.15, -0.1) is 0 Å². The molecule has 0 N–H and O–H groups in total. The molecule has 0 saturated carbocycles. The lowest BCUT2D eigenvalue weighted by Crippen LogP contribution is -2.03. The quantitative estimate of drug-likeness (QED) is 0.730. The second kappa shape index (κ2) is 3.80. The largest absolute Gasteiger partial charge is 0.383 e. The van der Waals surface area contributed by atoms with Crippen LogP contribution in [0.25, 0.3) is 10.9 Å². The topological polar surface area (TPSA) is 14.2 Å². The first-order chi connectivity index (χ1) is 6.83. The third-order valence-electron chi connectivity index (χ3n) is 2.28. The number of methoxy groups -OCH3 is 1. The minimum atomic E-state index is -0.177. The summed E-state index contributed by atoms with van der Waals surface area (Å²) in [6.45, 7) is 1.28. The zero-order valence-corrected chi connectivity index (χ0v) is 8.03. The molecule has 3 heteroatoms. The van der Waals surface area contributed by atoms with Gasteiger partial charge in [-0.05, 0) is 12.1 Å². The van der Waals surface area contributed by atoms with E-state index in [4.69, 9.17) is 4.74 Å². The first-order valence-electron chi connectivity index (χ1n) is 4.55. The highest BCUT2D eigenvalue weighted by Crippen LogP contribution is 2.18. The highest BCUT2D eigenvalue weighted by Gasteiger charge is 2.04. The molecule has 14 heavy (non-hydrogen) atoms. The van der Waals surface area contributed by atoms with Crippen molar-refractivity contribution < 1.29 is 9.13 Å². The van der Waals surface area contributed by atoms with Crippen LogP contribution >= 0.6 is 0 Å². The van der Waals surface area contributed by atoms with Gasteiger partial charge in [0, 0.05) is 25.2 Å². The molecule has 0 amide bonds. The van der Waals surface area contributed by atoms with Crippen LogP contribution in [0.5, 0.6) is 0 Å². The average molecular weight is 193 g/mol. The summed E-state index contributed by atoms with van der Waals surface area (Å²) in [7, 11) is 1.64. The van der Waals surface area contributed by atoms with E-state index in [1.165, 1.54) is 6.07 Å². The molecule has 2 nitrogen and oxygen atoms in total. The van der Waals surface area contributed by atoms with Crippen LogP contribution in [-0.2, 0) is 11.3 Å². The molecule has 0 aliphatic heterocycles. The summed E-state index contributed by atoms with van der Waals surface area (Å²) >= 11 is 0. The minimum absolute atomic E-state index is 0.177. The van der Waals surface area contributed by atoms with Crippen molar-refractivity contribution in [2.24, 2.45) is 0 Å². The lowest BCUT2D eigenvalue weighted by Gasteiger charge is -2.04. The number of para-hydroxylation sites is 1. The van der Waals surface area contributed by atoms with Gasteiger partial charge in [-0.25, -0.2) is 4.39 Å². The molecule has 0 atom stereocenters. The number of ether oxygens (including phenoxy) is 1. The predicted molar refractivity (Wildman–Crippen MR) is 53.8 cm³/mol. The number of nitrogens with zero attached hydrogens (tertiary/aromatic N) is 1. The molecule has 2 aromatic rings. The highest BCUT2D eigenvalue weighted by atomic mass is 19.1. The molecular weight excluding hydrogens is 181 g/mol. The van der Waals surface area contributed by atoms with E-state index < -0.39 is 0 Å². The summed E-state index contributed by atoms with van der Waals surface area (Å²) in [5.74, 6) is -0.177. The van der Waals surface area contributed by atoms with Crippen molar-refractivity contribution in [1.29, 1.82) is 0 Å². The zero-order valence-electron chi connectivity index (χ0n) is 8.03. The van der Waals surface area contributed by atoms with E-state index in [0.717, 1.165) is 5.39 Å². The molecule has 0 spiro atoms. The summed E-state index contributed by atoms with van der Waals surface area (Å²) < 4.78 is 20.3. The van der Waals surface area contributed by atoms with Gasteiger partial charge in [0.1, 0.15) is 5.82 Å². The van der Waals surface area contributed by atoms with Crippen LogP contribution in [0.1, 0.15) is 0 Å². The van der Waals surface area contributed by atoms with Gasteiger partial charge < -0.3 is 9.30 Å². The van der Waals surface area contributed by atoms with Crippen molar-refractivity contribution in [3.63, 3.8) is 0 Å². The van der Waals surface area contributed by atoms with Gasteiger partial charge in [0.15, 0.2) is 0 Å². The summed E-state index contributed by atoms with van der Waals surface area (Å²) in [5.41, 5.74) is 0.657. The summed E-state index contributed by atoms with van der Waals surface area (Å²) in [5, 5.41) is 0.932. The van der Waals surface area contributed by atoms with Gasteiger partial charge in [0.2, 0.25) is 0 Å². The van der Waals surface area contributed by atoms with Gasteiger partial charge in [-0.1, -0.05) is 12.1 Å². The monoisotopic (exact) mass is 193 g/mol. The van der Waals surface area contributed by atoms with Gasteiger partial charge in [0.25, 0.3) is 0 Å². The fraction of sp³-hybridized carbons (Fsp3) is 0.273. The first kappa shape index (κ1) is 9.21. The molecule has 74 valence electrons. The van der Waals surface area contributed by atoms with E-state index in [1.807, 2.05) is 22.9 Å². The number of hydrogen-bond acceptors (Lipinski definition) is 1. The SMILES string of the molecule is COCCn1ccc2cccc(F)c21. The van der Waals surface area contributed by atoms with Crippen LogP contribution < -0.4 is 0 Å². The van der Waals surface area contributed by atoms with Gasteiger partial charge >= 0.3 is 0 Å².